The first kappa shape index (κ1) is 13.7. The summed E-state index contributed by atoms with van der Waals surface area (Å²) in [5.74, 6) is 0. The highest BCUT2D eigenvalue weighted by Gasteiger charge is 2.15. The molecule has 1 N–H and O–H groups in total. The molecule has 0 amide bonds. The quantitative estimate of drug-likeness (QED) is 0.799. The first-order valence-electron chi connectivity index (χ1n) is 7.21. The molecule has 0 saturated carbocycles. The lowest BCUT2D eigenvalue weighted by Crippen LogP contribution is -2.19. The zero-order valence-corrected chi connectivity index (χ0v) is 12.5. The van der Waals surface area contributed by atoms with Gasteiger partial charge in [0.05, 0.1) is 22.9 Å². The van der Waals surface area contributed by atoms with E-state index in [1.807, 2.05) is 22.9 Å². The Hall–Kier alpha value is -2.27. The van der Waals surface area contributed by atoms with Crippen molar-refractivity contribution in [3.8, 4) is 5.69 Å². The van der Waals surface area contributed by atoms with Crippen LogP contribution >= 0.6 is 0 Å². The van der Waals surface area contributed by atoms with Crippen molar-refractivity contribution in [2.45, 2.75) is 26.8 Å². The number of nitrogens with one attached hydrogen (secondary N) is 1. The summed E-state index contributed by atoms with van der Waals surface area (Å²) in [7, 11) is 0. The summed E-state index contributed by atoms with van der Waals surface area (Å²) in [6, 6.07) is 10.3. The molecule has 2 aromatic heterocycles. The van der Waals surface area contributed by atoms with Crippen LogP contribution in [0.15, 0.2) is 36.5 Å². The minimum atomic E-state index is 0.200. The van der Waals surface area contributed by atoms with Gasteiger partial charge in [0.15, 0.2) is 0 Å². The smallest absolute Gasteiger partial charge is 0.103 e. The number of fused-ring (bicyclic) bond motifs is 1. The largest absolute Gasteiger partial charge is 0.309 e. The van der Waals surface area contributed by atoms with Gasteiger partial charge in [0, 0.05) is 11.6 Å². The first-order valence-corrected chi connectivity index (χ1v) is 7.21. The Labute approximate surface area is 124 Å². The number of rotatable bonds is 4. The highest BCUT2D eigenvalue weighted by atomic mass is 15.4. The Kier molecular flexibility index (Phi) is 3.66. The average Bonchev–Trinajstić information content (AvgIpc) is 2.89. The van der Waals surface area contributed by atoms with Crippen molar-refractivity contribution < 1.29 is 0 Å². The molecule has 1 unspecified atom stereocenters. The molecule has 1 atom stereocenters. The molecule has 0 spiro atoms. The van der Waals surface area contributed by atoms with Crippen LogP contribution in [0.3, 0.4) is 0 Å². The molecule has 21 heavy (non-hydrogen) atoms. The molecule has 3 aromatic rings. The molecule has 3 rings (SSSR count). The monoisotopic (exact) mass is 281 g/mol. The van der Waals surface area contributed by atoms with Gasteiger partial charge in [-0.25, -0.2) is 4.68 Å². The van der Waals surface area contributed by atoms with Gasteiger partial charge in [-0.3, -0.25) is 4.98 Å². The SMILES string of the molecule is CCNC(C)c1nnn(-c2ccc3ncccc3c2)c1C. The van der Waals surface area contributed by atoms with Gasteiger partial charge in [-0.2, -0.15) is 0 Å². The standard InChI is InChI=1S/C16H19N5/c1-4-17-11(2)16-12(3)21(20-19-16)14-7-8-15-13(10-14)6-5-9-18-15/h5-11,17H,4H2,1-3H3. The van der Waals surface area contributed by atoms with Gasteiger partial charge in [0.25, 0.3) is 0 Å². The third-order valence-corrected chi connectivity index (χ3v) is 3.68. The fraction of sp³-hybridized carbons (Fsp3) is 0.312. The van der Waals surface area contributed by atoms with Crippen LogP contribution in [0.5, 0.6) is 0 Å². The number of pyridine rings is 1. The van der Waals surface area contributed by atoms with Gasteiger partial charge in [-0.05, 0) is 44.7 Å². The van der Waals surface area contributed by atoms with Crippen molar-refractivity contribution in [3.63, 3.8) is 0 Å². The van der Waals surface area contributed by atoms with Gasteiger partial charge in [-0.15, -0.1) is 5.10 Å². The lowest BCUT2D eigenvalue weighted by molar-refractivity contribution is 0.579. The predicted octanol–water partition coefficient (Wildman–Crippen LogP) is 2.79. The van der Waals surface area contributed by atoms with Crippen LogP contribution in [0.1, 0.15) is 31.3 Å². The normalized spacial score (nSPS) is 12.7. The molecule has 5 heteroatoms. The predicted molar refractivity (Wildman–Crippen MR) is 83.5 cm³/mol. The zero-order valence-electron chi connectivity index (χ0n) is 12.5. The van der Waals surface area contributed by atoms with Crippen LogP contribution in [0.4, 0.5) is 0 Å². The van der Waals surface area contributed by atoms with Crippen LogP contribution < -0.4 is 5.32 Å². The molecule has 1 aromatic carbocycles. The summed E-state index contributed by atoms with van der Waals surface area (Å²) in [6.07, 6.45) is 1.80. The van der Waals surface area contributed by atoms with E-state index in [-0.39, 0.29) is 6.04 Å². The summed E-state index contributed by atoms with van der Waals surface area (Å²) in [5, 5.41) is 13.1. The number of nitrogens with zero attached hydrogens (tertiary/aromatic N) is 4. The lowest BCUT2D eigenvalue weighted by Gasteiger charge is -2.10. The number of hydrogen-bond donors (Lipinski definition) is 1. The van der Waals surface area contributed by atoms with Crippen LogP contribution in [0, 0.1) is 6.92 Å². The van der Waals surface area contributed by atoms with Crippen molar-refractivity contribution in [2.24, 2.45) is 0 Å². The molecule has 2 heterocycles. The number of hydrogen-bond acceptors (Lipinski definition) is 4. The van der Waals surface area contributed by atoms with Gasteiger partial charge in [0.1, 0.15) is 5.69 Å². The molecule has 0 radical (unpaired) electrons. The van der Waals surface area contributed by atoms with E-state index in [2.05, 4.69) is 53.5 Å². The summed E-state index contributed by atoms with van der Waals surface area (Å²) in [6.45, 7) is 7.16. The second kappa shape index (κ2) is 5.61. The molecular weight excluding hydrogens is 262 g/mol. The molecule has 0 aliphatic carbocycles. The average molecular weight is 281 g/mol. The minimum absolute atomic E-state index is 0.200. The highest BCUT2D eigenvalue weighted by molar-refractivity contribution is 5.80. The van der Waals surface area contributed by atoms with E-state index in [1.54, 1.807) is 6.20 Å². The Morgan fingerprint density at radius 2 is 2.14 bits per heavy atom. The second-order valence-electron chi connectivity index (χ2n) is 5.13. The summed E-state index contributed by atoms with van der Waals surface area (Å²) >= 11 is 0. The Morgan fingerprint density at radius 3 is 2.95 bits per heavy atom. The van der Waals surface area contributed by atoms with E-state index >= 15 is 0 Å². The van der Waals surface area contributed by atoms with Crippen molar-refractivity contribution in [2.75, 3.05) is 6.54 Å². The van der Waals surface area contributed by atoms with Crippen molar-refractivity contribution >= 4 is 10.9 Å². The molecule has 5 nitrogen and oxygen atoms in total. The summed E-state index contributed by atoms with van der Waals surface area (Å²) in [5.41, 5.74) is 4.05. The van der Waals surface area contributed by atoms with Crippen molar-refractivity contribution in [1.29, 1.82) is 0 Å². The number of aromatic nitrogens is 4. The van der Waals surface area contributed by atoms with Gasteiger partial charge >= 0.3 is 0 Å². The fourth-order valence-corrected chi connectivity index (χ4v) is 2.58. The molecule has 0 saturated heterocycles. The van der Waals surface area contributed by atoms with E-state index in [9.17, 15) is 0 Å². The van der Waals surface area contributed by atoms with Gasteiger partial charge in [0.2, 0.25) is 0 Å². The molecule has 108 valence electrons. The van der Waals surface area contributed by atoms with Crippen molar-refractivity contribution in [1.82, 2.24) is 25.3 Å². The maximum atomic E-state index is 4.34. The Balaban J connectivity index is 2.02. The van der Waals surface area contributed by atoms with E-state index in [1.165, 1.54) is 0 Å². The molecule has 0 aliphatic heterocycles. The second-order valence-corrected chi connectivity index (χ2v) is 5.13. The third-order valence-electron chi connectivity index (χ3n) is 3.68. The molecule has 0 fully saturated rings. The first-order chi connectivity index (χ1) is 10.2. The summed E-state index contributed by atoms with van der Waals surface area (Å²) in [4.78, 5) is 4.34. The van der Waals surface area contributed by atoms with Crippen LogP contribution in [-0.2, 0) is 0 Å². The van der Waals surface area contributed by atoms with Crippen LogP contribution in [0.25, 0.3) is 16.6 Å². The lowest BCUT2D eigenvalue weighted by atomic mass is 10.1. The van der Waals surface area contributed by atoms with E-state index < -0.39 is 0 Å². The zero-order chi connectivity index (χ0) is 14.8. The van der Waals surface area contributed by atoms with E-state index in [0.29, 0.717) is 0 Å². The third kappa shape index (κ3) is 2.52. The molecule has 0 aliphatic rings. The molecule has 0 bridgehead atoms. The minimum Gasteiger partial charge on any atom is -0.309 e. The Bertz CT molecular complexity index is 762. The van der Waals surface area contributed by atoms with Crippen molar-refractivity contribution in [3.05, 3.63) is 47.9 Å². The summed E-state index contributed by atoms with van der Waals surface area (Å²) < 4.78 is 1.88. The molecular formula is C16H19N5. The fourth-order valence-electron chi connectivity index (χ4n) is 2.58. The highest BCUT2D eigenvalue weighted by Crippen LogP contribution is 2.20. The topological polar surface area (TPSA) is 55.6 Å². The number of benzene rings is 1. The Morgan fingerprint density at radius 1 is 1.29 bits per heavy atom. The van der Waals surface area contributed by atoms with Gasteiger partial charge < -0.3 is 5.32 Å². The maximum Gasteiger partial charge on any atom is 0.103 e. The van der Waals surface area contributed by atoms with E-state index in [4.69, 9.17) is 0 Å². The van der Waals surface area contributed by atoms with Crippen LogP contribution in [0.2, 0.25) is 0 Å². The van der Waals surface area contributed by atoms with Crippen LogP contribution in [-0.4, -0.2) is 26.5 Å². The van der Waals surface area contributed by atoms with E-state index in [0.717, 1.165) is 34.5 Å². The van der Waals surface area contributed by atoms with Gasteiger partial charge in [-0.1, -0.05) is 18.2 Å². The maximum absolute atomic E-state index is 4.34.